The van der Waals surface area contributed by atoms with E-state index in [1.54, 1.807) is 12.1 Å². The molecule has 1 aromatic carbocycles. The number of hydrogen-bond acceptors (Lipinski definition) is 5. The van der Waals surface area contributed by atoms with Gasteiger partial charge in [0, 0.05) is 24.9 Å². The van der Waals surface area contributed by atoms with Crippen LogP contribution in [0, 0.1) is 10.1 Å². The number of rotatable bonds is 5. The summed E-state index contributed by atoms with van der Waals surface area (Å²) in [6.45, 7) is 0.360. The Morgan fingerprint density at radius 1 is 1.38 bits per heavy atom. The molecule has 0 saturated carbocycles. The molecule has 2 aromatic rings. The molecule has 1 aromatic heterocycles. The fourth-order valence-corrected chi connectivity index (χ4v) is 1.86. The lowest BCUT2D eigenvalue weighted by Crippen LogP contribution is -2.15. The zero-order valence-corrected chi connectivity index (χ0v) is 11.5. The fraction of sp³-hybridized carbons (Fsp3) is 0.0769. The summed E-state index contributed by atoms with van der Waals surface area (Å²) in [6, 6.07) is 7.56. The number of amides is 1. The van der Waals surface area contributed by atoms with E-state index in [2.05, 4.69) is 10.3 Å². The Morgan fingerprint density at radius 3 is 2.62 bits per heavy atom. The molecule has 3 N–H and O–H groups in total. The van der Waals surface area contributed by atoms with Gasteiger partial charge in [-0.3, -0.25) is 14.9 Å². The maximum atomic E-state index is 11.3. The molecule has 0 fully saturated rings. The SMILES string of the molecule is NC(=O)c1cnc(Cl)cc1NCc1ccc([N+](=O)[O-])cc1. The van der Waals surface area contributed by atoms with Crippen molar-refractivity contribution in [3.05, 3.63) is 62.9 Å². The van der Waals surface area contributed by atoms with Crippen molar-refractivity contribution >= 4 is 28.9 Å². The number of primary amides is 1. The lowest BCUT2D eigenvalue weighted by molar-refractivity contribution is -0.384. The number of carbonyl (C=O) groups excluding carboxylic acids is 1. The van der Waals surface area contributed by atoms with E-state index in [1.165, 1.54) is 24.4 Å². The number of carbonyl (C=O) groups is 1. The number of nitrogens with zero attached hydrogens (tertiary/aromatic N) is 2. The van der Waals surface area contributed by atoms with Crippen LogP contribution in [0.25, 0.3) is 0 Å². The van der Waals surface area contributed by atoms with Crippen LogP contribution in [-0.2, 0) is 6.54 Å². The molecule has 2 rings (SSSR count). The average molecular weight is 307 g/mol. The van der Waals surface area contributed by atoms with Crippen LogP contribution in [0.1, 0.15) is 15.9 Å². The van der Waals surface area contributed by atoms with E-state index in [4.69, 9.17) is 17.3 Å². The Bertz CT molecular complexity index is 688. The summed E-state index contributed by atoms with van der Waals surface area (Å²) >= 11 is 5.78. The molecule has 0 radical (unpaired) electrons. The van der Waals surface area contributed by atoms with E-state index in [0.29, 0.717) is 12.2 Å². The monoisotopic (exact) mass is 306 g/mol. The van der Waals surface area contributed by atoms with Gasteiger partial charge in [-0.1, -0.05) is 23.7 Å². The summed E-state index contributed by atoms with van der Waals surface area (Å²) in [7, 11) is 0. The predicted molar refractivity (Wildman–Crippen MR) is 78.2 cm³/mol. The average Bonchev–Trinajstić information content (AvgIpc) is 2.45. The number of nitro groups is 1. The first-order chi connectivity index (χ1) is 9.97. The summed E-state index contributed by atoms with van der Waals surface area (Å²) in [5.41, 5.74) is 6.76. The van der Waals surface area contributed by atoms with Crippen LogP contribution in [-0.4, -0.2) is 15.8 Å². The smallest absolute Gasteiger partial charge is 0.269 e. The van der Waals surface area contributed by atoms with Gasteiger partial charge in [0.25, 0.3) is 11.6 Å². The third-order valence-electron chi connectivity index (χ3n) is 2.77. The first-order valence-electron chi connectivity index (χ1n) is 5.90. The van der Waals surface area contributed by atoms with Crippen molar-refractivity contribution < 1.29 is 9.72 Å². The zero-order valence-electron chi connectivity index (χ0n) is 10.7. The van der Waals surface area contributed by atoms with Crippen LogP contribution >= 0.6 is 11.6 Å². The summed E-state index contributed by atoms with van der Waals surface area (Å²) in [5, 5.41) is 13.8. The second-order valence-corrected chi connectivity index (χ2v) is 4.58. The summed E-state index contributed by atoms with van der Waals surface area (Å²) in [5.74, 6) is -0.620. The fourth-order valence-electron chi connectivity index (χ4n) is 1.71. The van der Waals surface area contributed by atoms with Crippen LogP contribution < -0.4 is 11.1 Å². The number of hydrogen-bond donors (Lipinski definition) is 2. The van der Waals surface area contributed by atoms with Gasteiger partial charge in [0.1, 0.15) is 5.15 Å². The number of nitrogens with two attached hydrogens (primary N) is 1. The van der Waals surface area contributed by atoms with Crippen molar-refractivity contribution in [3.63, 3.8) is 0 Å². The third kappa shape index (κ3) is 3.67. The van der Waals surface area contributed by atoms with Gasteiger partial charge in [0.15, 0.2) is 0 Å². The van der Waals surface area contributed by atoms with E-state index < -0.39 is 10.8 Å². The van der Waals surface area contributed by atoms with Crippen LogP contribution in [0.3, 0.4) is 0 Å². The third-order valence-corrected chi connectivity index (χ3v) is 2.97. The summed E-state index contributed by atoms with van der Waals surface area (Å²) < 4.78 is 0. The molecule has 0 aliphatic carbocycles. The molecule has 0 bridgehead atoms. The number of nitrogens with one attached hydrogen (secondary N) is 1. The second kappa shape index (κ2) is 6.19. The molecule has 0 atom stereocenters. The molecular formula is C13H11ClN4O3. The molecule has 21 heavy (non-hydrogen) atoms. The Balaban J connectivity index is 2.14. The van der Waals surface area contributed by atoms with Gasteiger partial charge >= 0.3 is 0 Å². The van der Waals surface area contributed by atoms with Crippen LogP contribution in [0.5, 0.6) is 0 Å². The Labute approximate surface area is 124 Å². The Morgan fingerprint density at radius 2 is 2.05 bits per heavy atom. The van der Waals surface area contributed by atoms with E-state index in [1.807, 2.05) is 0 Å². The normalized spacial score (nSPS) is 10.1. The molecule has 1 amide bonds. The highest BCUT2D eigenvalue weighted by Crippen LogP contribution is 2.20. The molecule has 0 aliphatic rings. The molecule has 8 heteroatoms. The van der Waals surface area contributed by atoms with E-state index >= 15 is 0 Å². The minimum Gasteiger partial charge on any atom is -0.380 e. The molecule has 0 spiro atoms. The molecule has 7 nitrogen and oxygen atoms in total. The van der Waals surface area contributed by atoms with E-state index in [-0.39, 0.29) is 16.4 Å². The predicted octanol–water partition coefficient (Wildman–Crippen LogP) is 2.35. The topological polar surface area (TPSA) is 111 Å². The number of anilines is 1. The molecule has 0 aliphatic heterocycles. The van der Waals surface area contributed by atoms with Crippen LogP contribution in [0.15, 0.2) is 36.5 Å². The molecule has 0 unspecified atom stereocenters. The van der Waals surface area contributed by atoms with E-state index in [0.717, 1.165) is 5.56 Å². The summed E-state index contributed by atoms with van der Waals surface area (Å²) in [4.78, 5) is 25.2. The lowest BCUT2D eigenvalue weighted by Gasteiger charge is -2.10. The Kier molecular flexibility index (Phi) is 4.34. The highest BCUT2D eigenvalue weighted by Gasteiger charge is 2.10. The number of non-ortho nitro benzene ring substituents is 1. The maximum absolute atomic E-state index is 11.3. The van der Waals surface area contributed by atoms with Crippen molar-refractivity contribution in [1.82, 2.24) is 4.98 Å². The maximum Gasteiger partial charge on any atom is 0.269 e. The quantitative estimate of drug-likeness (QED) is 0.500. The number of halogens is 1. The standard InChI is InChI=1S/C13H11ClN4O3/c14-12-5-11(10(7-17-12)13(15)19)16-6-8-1-3-9(4-2-8)18(20)21/h1-5,7H,6H2,(H2,15,19)(H,16,17). The van der Waals surface area contributed by atoms with Gasteiger partial charge in [-0.05, 0) is 11.6 Å². The second-order valence-electron chi connectivity index (χ2n) is 4.19. The minimum absolute atomic E-state index is 0.0172. The van der Waals surface area contributed by atoms with Crippen LogP contribution in [0.4, 0.5) is 11.4 Å². The highest BCUT2D eigenvalue weighted by atomic mass is 35.5. The van der Waals surface area contributed by atoms with E-state index in [9.17, 15) is 14.9 Å². The first-order valence-corrected chi connectivity index (χ1v) is 6.27. The zero-order chi connectivity index (χ0) is 15.4. The van der Waals surface area contributed by atoms with Gasteiger partial charge in [-0.25, -0.2) is 4.98 Å². The minimum atomic E-state index is -0.620. The lowest BCUT2D eigenvalue weighted by atomic mass is 10.2. The van der Waals surface area contributed by atoms with Gasteiger partial charge in [-0.15, -0.1) is 0 Å². The molecular weight excluding hydrogens is 296 g/mol. The van der Waals surface area contributed by atoms with Crippen molar-refractivity contribution in [2.45, 2.75) is 6.54 Å². The van der Waals surface area contributed by atoms with Crippen LogP contribution in [0.2, 0.25) is 5.15 Å². The van der Waals surface area contributed by atoms with Gasteiger partial charge in [-0.2, -0.15) is 0 Å². The van der Waals surface area contributed by atoms with Crippen molar-refractivity contribution in [2.75, 3.05) is 5.32 Å². The number of benzene rings is 1. The molecule has 1 heterocycles. The Hall–Kier alpha value is -2.67. The first kappa shape index (κ1) is 14.7. The largest absolute Gasteiger partial charge is 0.380 e. The molecule has 0 saturated heterocycles. The number of nitro benzene ring substituents is 1. The van der Waals surface area contributed by atoms with Crippen molar-refractivity contribution in [3.8, 4) is 0 Å². The highest BCUT2D eigenvalue weighted by molar-refractivity contribution is 6.29. The van der Waals surface area contributed by atoms with Gasteiger partial charge in [0.05, 0.1) is 16.2 Å². The van der Waals surface area contributed by atoms with Gasteiger partial charge < -0.3 is 11.1 Å². The number of aromatic nitrogens is 1. The van der Waals surface area contributed by atoms with Crippen molar-refractivity contribution in [2.24, 2.45) is 5.73 Å². The van der Waals surface area contributed by atoms with Crippen molar-refractivity contribution in [1.29, 1.82) is 0 Å². The molecule has 108 valence electrons. The number of pyridine rings is 1. The van der Waals surface area contributed by atoms with Gasteiger partial charge in [0.2, 0.25) is 0 Å². The summed E-state index contributed by atoms with van der Waals surface area (Å²) in [6.07, 6.45) is 1.29.